The fourth-order valence-corrected chi connectivity index (χ4v) is 2.78. The molecular formula is C13H26N2O. The predicted octanol–water partition coefficient (Wildman–Crippen LogP) is 1.95. The van der Waals surface area contributed by atoms with Gasteiger partial charge in [0.15, 0.2) is 0 Å². The highest BCUT2D eigenvalue weighted by molar-refractivity contribution is 5.61. The summed E-state index contributed by atoms with van der Waals surface area (Å²) in [6.45, 7) is 4.47. The van der Waals surface area contributed by atoms with Gasteiger partial charge in [-0.2, -0.15) is 0 Å². The van der Waals surface area contributed by atoms with Gasteiger partial charge in [0.25, 0.3) is 0 Å². The first-order valence-corrected chi connectivity index (χ1v) is 6.29. The topological polar surface area (TPSA) is 35.8 Å². The Morgan fingerprint density at radius 1 is 1.38 bits per heavy atom. The van der Waals surface area contributed by atoms with Crippen LogP contribution in [0, 0.1) is 5.92 Å². The van der Waals surface area contributed by atoms with Crippen LogP contribution in [-0.2, 0) is 0 Å². The van der Waals surface area contributed by atoms with Crippen LogP contribution in [0.4, 0.5) is 0 Å². The first kappa shape index (κ1) is 13.7. The van der Waals surface area contributed by atoms with Crippen molar-refractivity contribution in [1.29, 1.82) is 0 Å². The fraction of sp³-hybridized carbons (Fsp3) is 0.923. The van der Waals surface area contributed by atoms with Crippen molar-refractivity contribution in [2.75, 3.05) is 20.6 Å². The molecular weight excluding hydrogens is 200 g/mol. The summed E-state index contributed by atoms with van der Waals surface area (Å²) in [5.41, 5.74) is -0.611. The third-order valence-corrected chi connectivity index (χ3v) is 3.32. The number of rotatable bonds is 4. The van der Waals surface area contributed by atoms with E-state index in [0.717, 1.165) is 6.54 Å². The molecule has 94 valence electrons. The smallest absolute Gasteiger partial charge is 0.0718 e. The molecule has 1 unspecified atom stereocenters. The molecule has 2 atom stereocenters. The molecule has 1 aliphatic rings. The second kappa shape index (κ2) is 5.78. The first-order valence-electron chi connectivity index (χ1n) is 6.29. The van der Waals surface area contributed by atoms with Gasteiger partial charge in [-0.15, -0.1) is 0 Å². The van der Waals surface area contributed by atoms with Crippen LogP contribution in [0.2, 0.25) is 0 Å². The lowest BCUT2D eigenvalue weighted by molar-refractivity contribution is 0.0203. The van der Waals surface area contributed by atoms with Gasteiger partial charge in [-0.05, 0) is 33.7 Å². The molecule has 3 nitrogen and oxygen atoms in total. The van der Waals surface area contributed by atoms with E-state index in [1.807, 2.05) is 20.9 Å². The van der Waals surface area contributed by atoms with Crippen molar-refractivity contribution in [2.45, 2.75) is 51.2 Å². The molecule has 0 amide bonds. The Labute approximate surface area is 99.6 Å². The average Bonchev–Trinajstić information content (AvgIpc) is 2.16. The maximum atomic E-state index is 9.86. The van der Waals surface area contributed by atoms with Crippen molar-refractivity contribution in [2.24, 2.45) is 10.9 Å². The second-order valence-corrected chi connectivity index (χ2v) is 5.65. The van der Waals surface area contributed by atoms with Crippen LogP contribution in [0.5, 0.6) is 0 Å². The lowest BCUT2D eigenvalue weighted by atomic mass is 9.84. The van der Waals surface area contributed by atoms with Crippen molar-refractivity contribution >= 4 is 6.21 Å². The Kier molecular flexibility index (Phi) is 4.93. The van der Waals surface area contributed by atoms with Gasteiger partial charge in [-0.1, -0.05) is 12.8 Å². The zero-order valence-corrected chi connectivity index (χ0v) is 11.1. The van der Waals surface area contributed by atoms with Crippen molar-refractivity contribution in [3.63, 3.8) is 0 Å². The van der Waals surface area contributed by atoms with E-state index >= 15 is 0 Å². The van der Waals surface area contributed by atoms with Gasteiger partial charge >= 0.3 is 0 Å². The Hall–Kier alpha value is -0.410. The Bertz CT molecular complexity index is 233. The molecule has 1 rings (SSSR count). The molecule has 0 aliphatic heterocycles. The Morgan fingerprint density at radius 3 is 2.56 bits per heavy atom. The minimum atomic E-state index is -0.611. The molecule has 0 heterocycles. The summed E-state index contributed by atoms with van der Waals surface area (Å²) in [7, 11) is 3.96. The second-order valence-electron chi connectivity index (χ2n) is 5.65. The molecule has 0 aromatic carbocycles. The van der Waals surface area contributed by atoms with Crippen LogP contribution in [0.15, 0.2) is 4.99 Å². The van der Waals surface area contributed by atoms with E-state index in [1.165, 1.54) is 25.7 Å². The van der Waals surface area contributed by atoms with E-state index in [1.54, 1.807) is 0 Å². The molecule has 0 spiro atoms. The molecule has 16 heavy (non-hydrogen) atoms. The molecule has 1 saturated carbocycles. The molecule has 0 bridgehead atoms. The Morgan fingerprint density at radius 2 is 2.00 bits per heavy atom. The van der Waals surface area contributed by atoms with E-state index in [2.05, 4.69) is 23.2 Å². The highest BCUT2D eigenvalue weighted by Gasteiger charge is 2.29. The molecule has 3 heteroatoms. The third kappa shape index (κ3) is 4.22. The number of aliphatic hydroxyl groups is 1. The van der Waals surface area contributed by atoms with Crippen molar-refractivity contribution < 1.29 is 5.11 Å². The zero-order valence-electron chi connectivity index (χ0n) is 11.1. The Balaban J connectivity index is 2.60. The summed E-state index contributed by atoms with van der Waals surface area (Å²) >= 11 is 0. The van der Waals surface area contributed by atoms with Gasteiger partial charge in [-0.25, -0.2) is 0 Å². The minimum Gasteiger partial charge on any atom is -0.389 e. The van der Waals surface area contributed by atoms with Crippen molar-refractivity contribution in [1.82, 2.24) is 4.90 Å². The van der Waals surface area contributed by atoms with Crippen molar-refractivity contribution in [3.05, 3.63) is 0 Å². The number of hydrogen-bond acceptors (Lipinski definition) is 3. The molecule has 1 fully saturated rings. The van der Waals surface area contributed by atoms with Gasteiger partial charge in [0.05, 0.1) is 5.60 Å². The maximum absolute atomic E-state index is 9.86. The summed E-state index contributed by atoms with van der Waals surface area (Å²) in [6, 6.07) is 0.545. The van der Waals surface area contributed by atoms with Crippen LogP contribution in [0.3, 0.4) is 0 Å². The van der Waals surface area contributed by atoms with Gasteiger partial charge < -0.3 is 10.1 Å². The standard InChI is InChI=1S/C13H26N2O/c1-13(2,16)10-15(4)12-8-6-5-7-11(12)9-14-3/h9,11-12,16H,5-8,10H2,1-4H3/b14-9+/t11?,12-/m0/s1. The van der Waals surface area contributed by atoms with Crippen molar-refractivity contribution in [3.8, 4) is 0 Å². The van der Waals surface area contributed by atoms with Crippen LogP contribution in [-0.4, -0.2) is 48.5 Å². The van der Waals surface area contributed by atoms with Crippen LogP contribution < -0.4 is 0 Å². The van der Waals surface area contributed by atoms with Crippen LogP contribution in [0.1, 0.15) is 39.5 Å². The van der Waals surface area contributed by atoms with Crippen LogP contribution >= 0.6 is 0 Å². The number of aliphatic imine (C=N–C) groups is 1. The monoisotopic (exact) mass is 226 g/mol. The largest absolute Gasteiger partial charge is 0.389 e. The van der Waals surface area contributed by atoms with Gasteiger partial charge in [0.2, 0.25) is 0 Å². The maximum Gasteiger partial charge on any atom is 0.0718 e. The third-order valence-electron chi connectivity index (χ3n) is 3.32. The summed E-state index contributed by atoms with van der Waals surface area (Å²) in [5.74, 6) is 0.561. The molecule has 0 radical (unpaired) electrons. The number of likely N-dealkylation sites (N-methyl/N-ethyl adjacent to an activating group) is 1. The summed E-state index contributed by atoms with van der Waals surface area (Å²) in [5, 5.41) is 9.86. The molecule has 1 N–H and O–H groups in total. The fourth-order valence-electron chi connectivity index (χ4n) is 2.78. The van der Waals surface area contributed by atoms with E-state index in [-0.39, 0.29) is 0 Å². The molecule has 0 saturated heterocycles. The van der Waals surface area contributed by atoms with Gasteiger partial charge in [0, 0.05) is 31.8 Å². The lowest BCUT2D eigenvalue weighted by Crippen LogP contribution is -2.46. The first-order chi connectivity index (χ1) is 7.44. The van der Waals surface area contributed by atoms with E-state index < -0.39 is 5.60 Å². The summed E-state index contributed by atoms with van der Waals surface area (Å²) in [6.07, 6.45) is 7.16. The van der Waals surface area contributed by atoms with E-state index in [9.17, 15) is 5.11 Å². The highest BCUT2D eigenvalue weighted by atomic mass is 16.3. The SMILES string of the molecule is C/N=C/C1CCCC[C@@H]1N(C)CC(C)(C)O. The van der Waals surface area contributed by atoms with E-state index in [4.69, 9.17) is 0 Å². The van der Waals surface area contributed by atoms with Gasteiger partial charge in [-0.3, -0.25) is 4.90 Å². The summed E-state index contributed by atoms with van der Waals surface area (Å²) < 4.78 is 0. The number of hydrogen-bond donors (Lipinski definition) is 1. The highest BCUT2D eigenvalue weighted by Crippen LogP contribution is 2.27. The van der Waals surface area contributed by atoms with Gasteiger partial charge in [0.1, 0.15) is 0 Å². The predicted molar refractivity (Wildman–Crippen MR) is 69.1 cm³/mol. The zero-order chi connectivity index (χ0) is 12.2. The molecule has 1 aliphatic carbocycles. The normalized spacial score (nSPS) is 27.9. The quantitative estimate of drug-likeness (QED) is 0.744. The lowest BCUT2D eigenvalue weighted by Gasteiger charge is -2.38. The molecule has 0 aromatic heterocycles. The summed E-state index contributed by atoms with van der Waals surface area (Å²) in [4.78, 5) is 6.47. The molecule has 0 aromatic rings. The average molecular weight is 226 g/mol. The minimum absolute atomic E-state index is 0.545. The van der Waals surface area contributed by atoms with Crippen LogP contribution in [0.25, 0.3) is 0 Å². The number of nitrogens with zero attached hydrogens (tertiary/aromatic N) is 2. The van der Waals surface area contributed by atoms with E-state index in [0.29, 0.717) is 12.0 Å².